The molecule has 0 atom stereocenters. The topological polar surface area (TPSA) is 30.5 Å². The molecule has 0 aromatic heterocycles. The SMILES string of the molecule is CNCc1cc(Cl)cc(Cl)c1OCc1ccccc1OC. The van der Waals surface area contributed by atoms with Gasteiger partial charge in [0.1, 0.15) is 18.1 Å². The molecule has 0 radical (unpaired) electrons. The van der Waals surface area contributed by atoms with Crippen molar-refractivity contribution in [1.82, 2.24) is 5.32 Å². The summed E-state index contributed by atoms with van der Waals surface area (Å²) in [4.78, 5) is 0. The largest absolute Gasteiger partial charge is 0.496 e. The van der Waals surface area contributed by atoms with Crippen LogP contribution in [-0.4, -0.2) is 14.2 Å². The van der Waals surface area contributed by atoms with E-state index in [1.165, 1.54) is 0 Å². The Balaban J connectivity index is 2.23. The quantitative estimate of drug-likeness (QED) is 0.858. The van der Waals surface area contributed by atoms with Crippen molar-refractivity contribution in [2.24, 2.45) is 0 Å². The fourth-order valence-electron chi connectivity index (χ4n) is 2.07. The minimum atomic E-state index is 0.377. The Morgan fingerprint density at radius 1 is 1.10 bits per heavy atom. The summed E-state index contributed by atoms with van der Waals surface area (Å²) in [5.41, 5.74) is 1.88. The number of benzene rings is 2. The van der Waals surface area contributed by atoms with Gasteiger partial charge in [0.2, 0.25) is 0 Å². The van der Waals surface area contributed by atoms with Crippen LogP contribution in [0.4, 0.5) is 0 Å². The van der Waals surface area contributed by atoms with Gasteiger partial charge in [-0.3, -0.25) is 0 Å². The molecule has 0 bridgehead atoms. The zero-order chi connectivity index (χ0) is 15.2. The van der Waals surface area contributed by atoms with E-state index in [9.17, 15) is 0 Å². The van der Waals surface area contributed by atoms with Crippen molar-refractivity contribution in [3.8, 4) is 11.5 Å². The van der Waals surface area contributed by atoms with Gasteiger partial charge in [0.15, 0.2) is 0 Å². The summed E-state index contributed by atoms with van der Waals surface area (Å²) in [5, 5.41) is 4.17. The van der Waals surface area contributed by atoms with Crippen molar-refractivity contribution in [2.45, 2.75) is 13.2 Å². The molecule has 0 heterocycles. The molecule has 0 saturated carbocycles. The molecular weight excluding hydrogens is 309 g/mol. The van der Waals surface area contributed by atoms with Crippen molar-refractivity contribution in [2.75, 3.05) is 14.2 Å². The number of methoxy groups -OCH3 is 1. The molecule has 21 heavy (non-hydrogen) atoms. The second-order valence-corrected chi connectivity index (χ2v) is 5.35. The molecule has 0 saturated heterocycles. The Labute approximate surface area is 134 Å². The number of hydrogen-bond acceptors (Lipinski definition) is 3. The average Bonchev–Trinajstić information content (AvgIpc) is 2.47. The van der Waals surface area contributed by atoms with Gasteiger partial charge in [0.25, 0.3) is 0 Å². The van der Waals surface area contributed by atoms with Gasteiger partial charge >= 0.3 is 0 Å². The van der Waals surface area contributed by atoms with Crippen LogP contribution in [0.3, 0.4) is 0 Å². The van der Waals surface area contributed by atoms with Crippen molar-refractivity contribution in [3.05, 3.63) is 57.6 Å². The third-order valence-corrected chi connectivity index (χ3v) is 3.52. The molecule has 0 unspecified atom stereocenters. The number of rotatable bonds is 6. The first-order valence-corrected chi connectivity index (χ1v) is 7.28. The summed E-state index contributed by atoms with van der Waals surface area (Å²) in [6, 6.07) is 11.3. The lowest BCUT2D eigenvalue weighted by Crippen LogP contribution is -2.08. The Morgan fingerprint density at radius 2 is 1.86 bits per heavy atom. The summed E-state index contributed by atoms with van der Waals surface area (Å²) < 4.78 is 11.2. The summed E-state index contributed by atoms with van der Waals surface area (Å²) in [7, 11) is 3.50. The van der Waals surface area contributed by atoms with Crippen LogP contribution in [0, 0.1) is 0 Å². The molecule has 112 valence electrons. The molecule has 3 nitrogen and oxygen atoms in total. The van der Waals surface area contributed by atoms with E-state index in [-0.39, 0.29) is 0 Å². The van der Waals surface area contributed by atoms with E-state index < -0.39 is 0 Å². The van der Waals surface area contributed by atoms with Crippen LogP contribution in [0.2, 0.25) is 10.0 Å². The van der Waals surface area contributed by atoms with Crippen molar-refractivity contribution < 1.29 is 9.47 Å². The molecule has 0 fully saturated rings. The van der Waals surface area contributed by atoms with E-state index in [1.807, 2.05) is 37.4 Å². The number of halogens is 2. The molecule has 2 aromatic carbocycles. The molecule has 2 rings (SSSR count). The minimum Gasteiger partial charge on any atom is -0.496 e. The van der Waals surface area contributed by atoms with E-state index in [2.05, 4.69) is 5.32 Å². The molecule has 0 aliphatic heterocycles. The molecular formula is C16H17Cl2NO2. The maximum absolute atomic E-state index is 6.24. The number of para-hydroxylation sites is 1. The number of ether oxygens (including phenoxy) is 2. The summed E-state index contributed by atoms with van der Waals surface area (Å²) >= 11 is 12.3. The fourth-order valence-corrected chi connectivity index (χ4v) is 2.66. The monoisotopic (exact) mass is 325 g/mol. The maximum atomic E-state index is 6.24. The fraction of sp³-hybridized carbons (Fsp3) is 0.250. The molecule has 0 spiro atoms. The predicted molar refractivity (Wildman–Crippen MR) is 86.6 cm³/mol. The highest BCUT2D eigenvalue weighted by Crippen LogP contribution is 2.33. The highest BCUT2D eigenvalue weighted by molar-refractivity contribution is 6.35. The van der Waals surface area contributed by atoms with E-state index >= 15 is 0 Å². The molecule has 0 aliphatic carbocycles. The van der Waals surface area contributed by atoms with Crippen LogP contribution in [0.5, 0.6) is 11.5 Å². The normalized spacial score (nSPS) is 10.5. The molecule has 0 amide bonds. The van der Waals surface area contributed by atoms with Crippen LogP contribution in [0.1, 0.15) is 11.1 Å². The zero-order valence-corrected chi connectivity index (χ0v) is 13.5. The van der Waals surface area contributed by atoms with E-state index in [1.54, 1.807) is 13.2 Å². The van der Waals surface area contributed by atoms with Gasteiger partial charge in [-0.05, 0) is 25.2 Å². The number of hydrogen-bond donors (Lipinski definition) is 1. The maximum Gasteiger partial charge on any atom is 0.142 e. The van der Waals surface area contributed by atoms with Gasteiger partial charge in [-0.2, -0.15) is 0 Å². The van der Waals surface area contributed by atoms with E-state index in [4.69, 9.17) is 32.7 Å². The van der Waals surface area contributed by atoms with Crippen LogP contribution in [-0.2, 0) is 13.2 Å². The van der Waals surface area contributed by atoms with Crippen LogP contribution in [0.25, 0.3) is 0 Å². The highest BCUT2D eigenvalue weighted by Gasteiger charge is 2.11. The lowest BCUT2D eigenvalue weighted by molar-refractivity contribution is 0.293. The predicted octanol–water partition coefficient (Wildman–Crippen LogP) is 4.30. The van der Waals surface area contributed by atoms with Crippen LogP contribution < -0.4 is 14.8 Å². The molecule has 2 aromatic rings. The second kappa shape index (κ2) is 7.55. The van der Waals surface area contributed by atoms with Crippen molar-refractivity contribution in [3.63, 3.8) is 0 Å². The molecule has 1 N–H and O–H groups in total. The van der Waals surface area contributed by atoms with Gasteiger partial charge in [0.05, 0.1) is 12.1 Å². The van der Waals surface area contributed by atoms with Gasteiger partial charge in [0, 0.05) is 22.7 Å². The third-order valence-electron chi connectivity index (χ3n) is 3.02. The molecule has 0 aliphatic rings. The zero-order valence-electron chi connectivity index (χ0n) is 12.0. The summed E-state index contributed by atoms with van der Waals surface area (Å²) in [5.74, 6) is 1.43. The van der Waals surface area contributed by atoms with E-state index in [0.717, 1.165) is 16.9 Å². The minimum absolute atomic E-state index is 0.377. The first-order chi connectivity index (χ1) is 10.2. The first kappa shape index (κ1) is 16.0. The number of nitrogens with one attached hydrogen (secondary N) is 1. The Kier molecular flexibility index (Phi) is 5.74. The molecule has 5 heteroatoms. The second-order valence-electron chi connectivity index (χ2n) is 4.51. The lowest BCUT2D eigenvalue weighted by atomic mass is 10.2. The van der Waals surface area contributed by atoms with E-state index in [0.29, 0.717) is 28.9 Å². The van der Waals surface area contributed by atoms with Crippen molar-refractivity contribution >= 4 is 23.2 Å². The van der Waals surface area contributed by atoms with Gasteiger partial charge < -0.3 is 14.8 Å². The smallest absolute Gasteiger partial charge is 0.142 e. The van der Waals surface area contributed by atoms with Gasteiger partial charge in [-0.1, -0.05) is 41.4 Å². The third kappa shape index (κ3) is 4.03. The van der Waals surface area contributed by atoms with Gasteiger partial charge in [-0.25, -0.2) is 0 Å². The van der Waals surface area contributed by atoms with Gasteiger partial charge in [-0.15, -0.1) is 0 Å². The Morgan fingerprint density at radius 3 is 2.57 bits per heavy atom. The summed E-state index contributed by atoms with van der Waals surface area (Å²) in [6.07, 6.45) is 0. The first-order valence-electron chi connectivity index (χ1n) is 6.53. The Bertz CT molecular complexity index is 617. The Hall–Kier alpha value is -1.42. The van der Waals surface area contributed by atoms with Crippen molar-refractivity contribution in [1.29, 1.82) is 0 Å². The van der Waals surface area contributed by atoms with Crippen LogP contribution >= 0.6 is 23.2 Å². The van der Waals surface area contributed by atoms with Crippen LogP contribution in [0.15, 0.2) is 36.4 Å². The average molecular weight is 326 g/mol. The highest BCUT2D eigenvalue weighted by atomic mass is 35.5. The standard InChI is InChI=1S/C16H17Cl2NO2/c1-19-9-12-7-13(17)8-14(18)16(12)21-10-11-5-3-4-6-15(11)20-2/h3-8,19H,9-10H2,1-2H3. The lowest BCUT2D eigenvalue weighted by Gasteiger charge is -2.15. The summed E-state index contributed by atoms with van der Waals surface area (Å²) in [6.45, 7) is 1.00.